The van der Waals surface area contributed by atoms with Crippen molar-refractivity contribution in [3.05, 3.63) is 70.3 Å². The fourth-order valence-electron chi connectivity index (χ4n) is 4.51. The third-order valence-electron chi connectivity index (χ3n) is 6.36. The van der Waals surface area contributed by atoms with E-state index in [-0.39, 0.29) is 12.3 Å². The monoisotopic (exact) mass is 476 g/mol. The van der Waals surface area contributed by atoms with Crippen LogP contribution in [0.4, 0.5) is 13.2 Å². The number of carboxylic acids is 1. The Hall–Kier alpha value is -2.84. The molecule has 34 heavy (non-hydrogen) atoms. The summed E-state index contributed by atoms with van der Waals surface area (Å²) in [5, 5.41) is 11.7. The summed E-state index contributed by atoms with van der Waals surface area (Å²) in [4.78, 5) is 15.7. The Morgan fingerprint density at radius 1 is 1.09 bits per heavy atom. The second-order valence-corrected chi connectivity index (χ2v) is 8.72. The predicted molar refractivity (Wildman–Crippen MR) is 125 cm³/mol. The van der Waals surface area contributed by atoms with Crippen LogP contribution < -0.4 is 11.2 Å². The number of hydrogen-bond acceptors (Lipinski definition) is 4. The van der Waals surface area contributed by atoms with Gasteiger partial charge in [0.2, 0.25) is 0 Å². The summed E-state index contributed by atoms with van der Waals surface area (Å²) in [6, 6.07) is 11.8. The van der Waals surface area contributed by atoms with E-state index < -0.39 is 17.7 Å². The van der Waals surface area contributed by atoms with Gasteiger partial charge in [-0.1, -0.05) is 55.7 Å². The topological polar surface area (TPSA) is 84.6 Å². The molecular weight excluding hydrogens is 445 g/mol. The maximum atomic E-state index is 14.0. The van der Waals surface area contributed by atoms with Crippen molar-refractivity contribution in [3.63, 3.8) is 0 Å². The summed E-state index contributed by atoms with van der Waals surface area (Å²) in [6.45, 7) is 2.54. The molecule has 2 aromatic rings. The van der Waals surface area contributed by atoms with E-state index in [0.29, 0.717) is 41.1 Å². The Labute approximate surface area is 197 Å². The van der Waals surface area contributed by atoms with Crippen LogP contribution in [-0.4, -0.2) is 17.6 Å². The second kappa shape index (κ2) is 11.5. The highest BCUT2D eigenvalue weighted by Crippen LogP contribution is 2.42. The van der Waals surface area contributed by atoms with Gasteiger partial charge in [-0.05, 0) is 48.4 Å². The minimum absolute atomic E-state index is 0.0324. The van der Waals surface area contributed by atoms with Gasteiger partial charge in [-0.15, -0.1) is 0 Å². The average molecular weight is 477 g/mol. The normalized spacial score (nSPS) is 15.7. The van der Waals surface area contributed by atoms with Crippen LogP contribution in [-0.2, 0) is 22.4 Å². The predicted octanol–water partition coefficient (Wildman–Crippen LogP) is 6.10. The van der Waals surface area contributed by atoms with Gasteiger partial charge in [-0.25, -0.2) is 0 Å². The van der Waals surface area contributed by atoms with Crippen LogP contribution in [0.25, 0.3) is 11.3 Å². The highest BCUT2D eigenvalue weighted by atomic mass is 19.4. The molecule has 0 saturated heterocycles. The van der Waals surface area contributed by atoms with Gasteiger partial charge in [0.1, 0.15) is 0 Å². The fourth-order valence-corrected chi connectivity index (χ4v) is 4.51. The molecule has 0 bridgehead atoms. The van der Waals surface area contributed by atoms with Crippen LogP contribution in [0.5, 0.6) is 0 Å². The molecule has 0 radical (unpaired) electrons. The summed E-state index contributed by atoms with van der Waals surface area (Å²) in [7, 11) is 0. The van der Waals surface area contributed by atoms with Gasteiger partial charge in [0.05, 0.1) is 12.0 Å². The summed E-state index contributed by atoms with van der Waals surface area (Å²) < 4.78 is 41.9. The molecule has 0 aromatic heterocycles. The van der Waals surface area contributed by atoms with Crippen LogP contribution in [0, 0.1) is 0 Å². The molecule has 184 valence electrons. The summed E-state index contributed by atoms with van der Waals surface area (Å²) >= 11 is 0. The van der Waals surface area contributed by atoms with Crippen molar-refractivity contribution in [2.45, 2.75) is 64.1 Å². The van der Waals surface area contributed by atoms with Gasteiger partial charge in [0.15, 0.2) is 5.76 Å². The standard InChI is InChI=1S/C26H31F3N2O3/c1-17(25(34-30)20-9-7-18(8-10-20)16-31-14-13-24(32)33)21-11-12-22(19-5-3-2-4-6-19)23(15-21)26(27,28)29/h7-12,15,19,31H,2-6,13-14,16,30H2,1H3,(H,32,33)/b25-17+. The molecule has 0 unspecified atom stereocenters. The summed E-state index contributed by atoms with van der Waals surface area (Å²) in [5.74, 6) is 4.89. The average Bonchev–Trinajstić information content (AvgIpc) is 2.82. The number of nitrogens with two attached hydrogens (primary N) is 1. The van der Waals surface area contributed by atoms with Gasteiger partial charge in [-0.2, -0.15) is 19.1 Å². The first-order valence-corrected chi connectivity index (χ1v) is 11.5. The molecular formula is C26H31F3N2O3. The van der Waals surface area contributed by atoms with E-state index in [2.05, 4.69) is 5.32 Å². The van der Waals surface area contributed by atoms with Crippen molar-refractivity contribution in [1.29, 1.82) is 0 Å². The van der Waals surface area contributed by atoms with E-state index in [4.69, 9.17) is 15.8 Å². The molecule has 5 nitrogen and oxygen atoms in total. The third kappa shape index (κ3) is 6.61. The van der Waals surface area contributed by atoms with Crippen LogP contribution in [0.1, 0.15) is 79.2 Å². The molecule has 1 saturated carbocycles. The smallest absolute Gasteiger partial charge is 0.416 e. The molecule has 3 rings (SSSR count). The number of carbonyl (C=O) groups is 1. The number of aliphatic carboxylic acids is 1. The lowest BCUT2D eigenvalue weighted by Crippen LogP contribution is -2.17. The molecule has 0 heterocycles. The van der Waals surface area contributed by atoms with E-state index in [9.17, 15) is 18.0 Å². The fraction of sp³-hybridized carbons (Fsp3) is 0.423. The van der Waals surface area contributed by atoms with Gasteiger partial charge in [-0.3, -0.25) is 4.79 Å². The molecule has 0 atom stereocenters. The number of alkyl halides is 3. The number of rotatable bonds is 9. The van der Waals surface area contributed by atoms with E-state index in [0.717, 1.165) is 37.7 Å². The van der Waals surface area contributed by atoms with E-state index >= 15 is 0 Å². The SMILES string of the molecule is C/C(=C(\ON)c1ccc(CNCCC(=O)O)cc1)c1ccc(C2CCCCC2)c(C(F)(F)F)c1. The lowest BCUT2D eigenvalue weighted by atomic mass is 9.81. The molecule has 0 aliphatic heterocycles. The number of nitrogens with one attached hydrogen (secondary N) is 1. The van der Waals surface area contributed by atoms with Crippen molar-refractivity contribution in [2.24, 2.45) is 5.90 Å². The molecule has 1 aliphatic rings. The van der Waals surface area contributed by atoms with Crippen molar-refractivity contribution < 1.29 is 27.9 Å². The van der Waals surface area contributed by atoms with Crippen molar-refractivity contribution in [2.75, 3.05) is 6.54 Å². The quantitative estimate of drug-likeness (QED) is 0.176. The number of allylic oxidation sites excluding steroid dienone is 1. The Morgan fingerprint density at radius 2 is 1.74 bits per heavy atom. The molecule has 0 spiro atoms. The largest absolute Gasteiger partial charge is 0.481 e. The van der Waals surface area contributed by atoms with E-state index in [1.54, 1.807) is 31.2 Å². The van der Waals surface area contributed by atoms with E-state index in [1.807, 2.05) is 12.1 Å². The third-order valence-corrected chi connectivity index (χ3v) is 6.36. The molecule has 1 fully saturated rings. The van der Waals surface area contributed by atoms with Gasteiger partial charge >= 0.3 is 12.1 Å². The first kappa shape index (κ1) is 25.8. The molecule has 4 N–H and O–H groups in total. The minimum Gasteiger partial charge on any atom is -0.481 e. The van der Waals surface area contributed by atoms with Gasteiger partial charge < -0.3 is 15.3 Å². The van der Waals surface area contributed by atoms with Crippen LogP contribution in [0.3, 0.4) is 0 Å². The highest BCUT2D eigenvalue weighted by molar-refractivity contribution is 5.86. The minimum atomic E-state index is -4.44. The van der Waals surface area contributed by atoms with Crippen LogP contribution in [0.2, 0.25) is 0 Å². The number of benzene rings is 2. The van der Waals surface area contributed by atoms with Gasteiger partial charge in [0, 0.05) is 24.2 Å². The molecule has 2 aromatic carbocycles. The first-order valence-electron chi connectivity index (χ1n) is 11.5. The number of hydrogen-bond donors (Lipinski definition) is 3. The van der Waals surface area contributed by atoms with Crippen LogP contribution in [0.15, 0.2) is 42.5 Å². The maximum Gasteiger partial charge on any atom is 0.416 e. The van der Waals surface area contributed by atoms with Gasteiger partial charge in [0.25, 0.3) is 0 Å². The lowest BCUT2D eigenvalue weighted by molar-refractivity contribution is -0.138. The Balaban J connectivity index is 1.86. The Morgan fingerprint density at radius 3 is 2.32 bits per heavy atom. The van der Waals surface area contributed by atoms with Crippen LogP contribution >= 0.6 is 0 Å². The lowest BCUT2D eigenvalue weighted by Gasteiger charge is -2.26. The van der Waals surface area contributed by atoms with E-state index in [1.165, 1.54) is 6.07 Å². The zero-order valence-electron chi connectivity index (χ0n) is 19.3. The zero-order chi connectivity index (χ0) is 24.7. The van der Waals surface area contributed by atoms with Crippen molar-refractivity contribution >= 4 is 17.3 Å². The zero-order valence-corrected chi connectivity index (χ0v) is 19.3. The summed E-state index contributed by atoms with van der Waals surface area (Å²) in [5.41, 5.74) is 2.27. The molecule has 0 amide bonds. The van der Waals surface area contributed by atoms with Crippen molar-refractivity contribution in [3.8, 4) is 0 Å². The maximum absolute atomic E-state index is 14.0. The Kier molecular flexibility index (Phi) is 8.74. The van der Waals surface area contributed by atoms with Crippen molar-refractivity contribution in [1.82, 2.24) is 5.32 Å². The molecule has 8 heteroatoms. The number of halogens is 3. The summed E-state index contributed by atoms with van der Waals surface area (Å²) in [6.07, 6.45) is 0.147. The number of carboxylic acid groups (broad SMARTS) is 1. The first-order chi connectivity index (χ1) is 16.2. The second-order valence-electron chi connectivity index (χ2n) is 8.72. The highest BCUT2D eigenvalue weighted by Gasteiger charge is 2.36. The molecule has 1 aliphatic carbocycles. The Bertz CT molecular complexity index is 1010.